The molecule has 1 aliphatic carbocycles. The number of pyridine rings is 1. The maximum Gasteiger partial charge on any atom is 0.219 e. The van der Waals surface area contributed by atoms with Gasteiger partial charge in [-0.2, -0.15) is 0 Å². The molecule has 29 heavy (non-hydrogen) atoms. The highest BCUT2D eigenvalue weighted by Crippen LogP contribution is 2.40. The lowest BCUT2D eigenvalue weighted by Gasteiger charge is -2.27. The first kappa shape index (κ1) is 20.1. The van der Waals surface area contributed by atoms with Gasteiger partial charge in [0, 0.05) is 37.5 Å². The molecule has 152 valence electrons. The van der Waals surface area contributed by atoms with Crippen molar-refractivity contribution in [3.8, 4) is 0 Å². The van der Waals surface area contributed by atoms with Crippen molar-refractivity contribution in [1.29, 1.82) is 0 Å². The van der Waals surface area contributed by atoms with Gasteiger partial charge in [-0.15, -0.1) is 0 Å². The Morgan fingerprint density at radius 3 is 2.66 bits per heavy atom. The highest BCUT2D eigenvalue weighted by Gasteiger charge is 2.34. The van der Waals surface area contributed by atoms with E-state index in [0.717, 1.165) is 34.2 Å². The summed E-state index contributed by atoms with van der Waals surface area (Å²) >= 11 is 6.19. The molecule has 0 N–H and O–H groups in total. The van der Waals surface area contributed by atoms with Gasteiger partial charge < -0.3 is 4.90 Å². The number of hydrogen-bond donors (Lipinski definition) is 0. The van der Waals surface area contributed by atoms with Gasteiger partial charge in [0.15, 0.2) is 9.84 Å². The number of aromatic nitrogens is 1. The van der Waals surface area contributed by atoms with Crippen LogP contribution in [0.3, 0.4) is 0 Å². The summed E-state index contributed by atoms with van der Waals surface area (Å²) in [7, 11) is -3.43. The van der Waals surface area contributed by atoms with Gasteiger partial charge in [-0.25, -0.2) is 8.42 Å². The minimum atomic E-state index is -3.43. The molecule has 1 aromatic heterocycles. The highest BCUT2D eigenvalue weighted by atomic mass is 35.5. The molecule has 0 saturated carbocycles. The number of hydrogen-bond acceptors (Lipinski definition) is 4. The van der Waals surface area contributed by atoms with E-state index in [1.165, 1.54) is 6.26 Å². The number of nitrogens with zero attached hydrogens (tertiary/aromatic N) is 2. The van der Waals surface area contributed by atoms with Crippen molar-refractivity contribution >= 4 is 32.9 Å². The second kappa shape index (κ2) is 7.58. The van der Waals surface area contributed by atoms with Crippen LogP contribution in [0.25, 0.3) is 5.57 Å². The first-order valence-electron chi connectivity index (χ1n) is 9.65. The molecular weight excluding hydrogens is 408 g/mol. The predicted molar refractivity (Wildman–Crippen MR) is 115 cm³/mol. The Morgan fingerprint density at radius 2 is 2.00 bits per heavy atom. The third kappa shape index (κ3) is 3.83. The van der Waals surface area contributed by atoms with Crippen LogP contribution in [0, 0.1) is 0 Å². The number of fused-ring (bicyclic) bond motifs is 2. The van der Waals surface area contributed by atoms with Gasteiger partial charge in [-0.05, 0) is 65.3 Å². The third-order valence-corrected chi connectivity index (χ3v) is 7.37. The Balaban J connectivity index is 1.85. The summed E-state index contributed by atoms with van der Waals surface area (Å²) in [6.07, 6.45) is 7.20. The van der Waals surface area contributed by atoms with Crippen molar-refractivity contribution in [3.63, 3.8) is 0 Å². The smallest absolute Gasteiger partial charge is 0.219 e. The SMILES string of the molecule is CC(=O)N1CC=C(c2ccnc3c2CCc2cc(Cl)ccc2C3S(C)(=O)=O)CC1. The number of amides is 1. The quantitative estimate of drug-likeness (QED) is 0.730. The van der Waals surface area contributed by atoms with Crippen LogP contribution in [0.4, 0.5) is 0 Å². The fraction of sp³-hybridized carbons (Fsp3) is 0.364. The second-order valence-corrected chi connectivity index (χ2v) is 10.3. The lowest BCUT2D eigenvalue weighted by Crippen LogP contribution is -2.32. The van der Waals surface area contributed by atoms with E-state index in [1.54, 1.807) is 24.1 Å². The Bertz CT molecular complexity index is 1120. The third-order valence-electron chi connectivity index (χ3n) is 5.80. The zero-order valence-corrected chi connectivity index (χ0v) is 18.1. The van der Waals surface area contributed by atoms with Crippen molar-refractivity contribution in [2.75, 3.05) is 19.3 Å². The number of carbonyl (C=O) groups is 1. The molecule has 1 amide bonds. The first-order chi connectivity index (χ1) is 13.8. The first-order valence-corrected chi connectivity index (χ1v) is 12.0. The number of halogens is 1. The maximum atomic E-state index is 12.8. The molecule has 0 fully saturated rings. The normalized spacial score (nSPS) is 19.1. The molecule has 7 heteroatoms. The van der Waals surface area contributed by atoms with Crippen LogP contribution in [0.15, 0.2) is 36.5 Å². The summed E-state index contributed by atoms with van der Waals surface area (Å²) in [4.78, 5) is 18.0. The fourth-order valence-corrected chi connectivity index (χ4v) is 5.88. The minimum Gasteiger partial charge on any atom is -0.339 e. The summed E-state index contributed by atoms with van der Waals surface area (Å²) in [6, 6.07) is 7.40. The molecule has 2 heterocycles. The van der Waals surface area contributed by atoms with Crippen LogP contribution in [0.1, 0.15) is 46.5 Å². The Kier molecular flexibility index (Phi) is 5.25. The Labute approximate surface area is 176 Å². The van der Waals surface area contributed by atoms with Crippen LogP contribution in [0.5, 0.6) is 0 Å². The molecule has 0 radical (unpaired) electrons. The molecule has 1 aliphatic heterocycles. The van der Waals surface area contributed by atoms with E-state index in [2.05, 4.69) is 11.1 Å². The van der Waals surface area contributed by atoms with Crippen LogP contribution in [-0.4, -0.2) is 43.6 Å². The molecule has 0 saturated heterocycles. The maximum absolute atomic E-state index is 12.8. The predicted octanol–water partition coefficient (Wildman–Crippen LogP) is 3.60. The van der Waals surface area contributed by atoms with Crippen molar-refractivity contribution in [3.05, 3.63) is 69.5 Å². The Morgan fingerprint density at radius 1 is 1.21 bits per heavy atom. The molecule has 0 spiro atoms. The molecule has 1 unspecified atom stereocenters. The van der Waals surface area contributed by atoms with E-state index in [-0.39, 0.29) is 5.91 Å². The van der Waals surface area contributed by atoms with E-state index in [0.29, 0.717) is 36.6 Å². The Hall–Kier alpha value is -2.18. The molecule has 2 aromatic rings. The number of aryl methyl sites for hydroxylation is 1. The number of rotatable bonds is 2. The standard InChI is InChI=1S/C22H23ClN2O3S/c1-14(26)25-11-8-15(9-12-25)18-7-10-24-21-20(18)5-3-16-13-17(23)4-6-19(16)22(21)29(2,27)28/h4,6-8,10,13,22H,3,5,9,11-12H2,1-2H3. The van der Waals surface area contributed by atoms with Gasteiger partial charge in [0.05, 0.1) is 5.69 Å². The lowest BCUT2D eigenvalue weighted by molar-refractivity contribution is -0.128. The van der Waals surface area contributed by atoms with Gasteiger partial charge in [0.2, 0.25) is 5.91 Å². The topological polar surface area (TPSA) is 67.3 Å². The van der Waals surface area contributed by atoms with Crippen molar-refractivity contribution in [1.82, 2.24) is 9.88 Å². The summed E-state index contributed by atoms with van der Waals surface area (Å²) in [5.74, 6) is 0.0679. The van der Waals surface area contributed by atoms with Gasteiger partial charge in [0.1, 0.15) is 5.25 Å². The van der Waals surface area contributed by atoms with Gasteiger partial charge >= 0.3 is 0 Å². The summed E-state index contributed by atoms with van der Waals surface area (Å²) < 4.78 is 25.6. The molecule has 1 aromatic carbocycles. The molecule has 0 bridgehead atoms. The molecule has 1 atom stereocenters. The summed E-state index contributed by atoms with van der Waals surface area (Å²) in [5, 5.41) is -0.195. The van der Waals surface area contributed by atoms with Crippen molar-refractivity contribution < 1.29 is 13.2 Å². The van der Waals surface area contributed by atoms with E-state index < -0.39 is 15.1 Å². The average Bonchev–Trinajstić information content (AvgIpc) is 2.84. The average molecular weight is 431 g/mol. The largest absolute Gasteiger partial charge is 0.339 e. The second-order valence-electron chi connectivity index (χ2n) is 7.72. The molecule has 4 rings (SSSR count). The monoisotopic (exact) mass is 430 g/mol. The van der Waals surface area contributed by atoms with E-state index in [1.807, 2.05) is 18.2 Å². The number of carbonyl (C=O) groups excluding carboxylic acids is 1. The van der Waals surface area contributed by atoms with Gasteiger partial charge in [0.25, 0.3) is 0 Å². The van der Waals surface area contributed by atoms with Crippen LogP contribution in [-0.2, 0) is 27.5 Å². The van der Waals surface area contributed by atoms with Crippen molar-refractivity contribution in [2.24, 2.45) is 0 Å². The lowest BCUT2D eigenvalue weighted by atomic mass is 9.92. The molecule has 5 nitrogen and oxygen atoms in total. The van der Waals surface area contributed by atoms with Crippen LogP contribution >= 0.6 is 11.6 Å². The highest BCUT2D eigenvalue weighted by molar-refractivity contribution is 7.91. The van der Waals surface area contributed by atoms with Gasteiger partial charge in [-0.1, -0.05) is 23.7 Å². The minimum absolute atomic E-state index is 0.0679. The van der Waals surface area contributed by atoms with E-state index >= 15 is 0 Å². The van der Waals surface area contributed by atoms with Crippen LogP contribution in [0.2, 0.25) is 5.02 Å². The zero-order chi connectivity index (χ0) is 20.8. The molecular formula is C22H23ClN2O3S. The molecule has 2 aliphatic rings. The zero-order valence-electron chi connectivity index (χ0n) is 16.5. The summed E-state index contributed by atoms with van der Waals surface area (Å²) in [6.45, 7) is 2.83. The van der Waals surface area contributed by atoms with Gasteiger partial charge in [-0.3, -0.25) is 9.78 Å². The fourth-order valence-electron chi connectivity index (χ4n) is 4.38. The summed E-state index contributed by atoms with van der Waals surface area (Å²) in [5.41, 5.74) is 5.51. The van der Waals surface area contributed by atoms with Crippen molar-refractivity contribution in [2.45, 2.75) is 31.4 Å². The van der Waals surface area contributed by atoms with Crippen LogP contribution < -0.4 is 0 Å². The number of benzene rings is 1. The number of sulfone groups is 1. The van der Waals surface area contributed by atoms with E-state index in [9.17, 15) is 13.2 Å². The van der Waals surface area contributed by atoms with E-state index in [4.69, 9.17) is 11.6 Å².